The van der Waals surface area contributed by atoms with Crippen molar-refractivity contribution in [3.63, 3.8) is 0 Å². The fourth-order valence-electron chi connectivity index (χ4n) is 2.72. The molecule has 5 nitrogen and oxygen atoms in total. The third kappa shape index (κ3) is 1.57. The number of nitrogens with one attached hydrogen (secondary N) is 2. The standard InChI is InChI=1S/C12H16N2O3/c1-6-4-8(3)12(5-7(6)2)9(15)13-11(17)14-10(12)16/h8H,4-5H2,1-3H3,(H2,13,14,15,16,17)/t8-/m0/s1. The third-order valence-electron chi connectivity index (χ3n) is 3.99. The van der Waals surface area contributed by atoms with Crippen molar-refractivity contribution in [3.05, 3.63) is 11.1 Å². The van der Waals surface area contributed by atoms with E-state index in [0.29, 0.717) is 12.8 Å². The molecular formula is C12H16N2O3. The van der Waals surface area contributed by atoms with Gasteiger partial charge in [-0.15, -0.1) is 0 Å². The van der Waals surface area contributed by atoms with E-state index < -0.39 is 23.3 Å². The molecule has 0 radical (unpaired) electrons. The maximum Gasteiger partial charge on any atom is 0.328 e. The zero-order valence-corrected chi connectivity index (χ0v) is 10.2. The van der Waals surface area contributed by atoms with Gasteiger partial charge in [-0.2, -0.15) is 0 Å². The van der Waals surface area contributed by atoms with Crippen LogP contribution in [0.15, 0.2) is 11.1 Å². The summed E-state index contributed by atoms with van der Waals surface area (Å²) < 4.78 is 0. The second kappa shape index (κ2) is 3.68. The van der Waals surface area contributed by atoms with Gasteiger partial charge in [0.05, 0.1) is 0 Å². The number of rotatable bonds is 0. The smallest absolute Gasteiger partial charge is 0.277 e. The molecule has 1 aliphatic carbocycles. The SMILES string of the molecule is CC1=C(C)CC2(C(=O)NC(=O)NC2=O)[C@@H](C)C1. The van der Waals surface area contributed by atoms with Crippen molar-refractivity contribution in [1.29, 1.82) is 0 Å². The summed E-state index contributed by atoms with van der Waals surface area (Å²) >= 11 is 0. The van der Waals surface area contributed by atoms with Crippen LogP contribution in [0.2, 0.25) is 0 Å². The Morgan fingerprint density at radius 2 is 1.59 bits per heavy atom. The van der Waals surface area contributed by atoms with E-state index in [1.54, 1.807) is 0 Å². The zero-order chi connectivity index (χ0) is 12.8. The van der Waals surface area contributed by atoms with E-state index in [1.807, 2.05) is 20.8 Å². The van der Waals surface area contributed by atoms with E-state index in [-0.39, 0.29) is 5.92 Å². The first kappa shape index (κ1) is 11.8. The molecule has 0 aromatic rings. The fraction of sp³-hybridized carbons (Fsp3) is 0.583. The maximum atomic E-state index is 12.0. The number of allylic oxidation sites excluding steroid dienone is 2. The van der Waals surface area contributed by atoms with Crippen molar-refractivity contribution < 1.29 is 14.4 Å². The summed E-state index contributed by atoms with van der Waals surface area (Å²) in [6.45, 7) is 5.83. The molecule has 5 heteroatoms. The molecule has 2 N–H and O–H groups in total. The van der Waals surface area contributed by atoms with Gasteiger partial charge in [-0.1, -0.05) is 18.1 Å². The molecule has 1 atom stereocenters. The summed E-state index contributed by atoms with van der Waals surface area (Å²) in [6.07, 6.45) is 1.10. The highest BCUT2D eigenvalue weighted by Gasteiger charge is 2.55. The van der Waals surface area contributed by atoms with Gasteiger partial charge in [-0.05, 0) is 32.6 Å². The van der Waals surface area contributed by atoms with Crippen LogP contribution < -0.4 is 10.6 Å². The number of urea groups is 1. The first-order valence-electron chi connectivity index (χ1n) is 5.70. The highest BCUT2D eigenvalue weighted by molar-refractivity contribution is 6.19. The summed E-state index contributed by atoms with van der Waals surface area (Å²) in [5, 5.41) is 4.41. The number of barbiturate groups is 1. The fourth-order valence-corrected chi connectivity index (χ4v) is 2.72. The Balaban J connectivity index is 2.45. The Bertz CT molecular complexity index is 431. The molecule has 0 bridgehead atoms. The average molecular weight is 236 g/mol. The second-order valence-corrected chi connectivity index (χ2v) is 5.05. The van der Waals surface area contributed by atoms with Gasteiger partial charge < -0.3 is 0 Å². The number of hydrogen-bond acceptors (Lipinski definition) is 3. The number of imide groups is 2. The molecule has 0 aromatic heterocycles. The molecule has 17 heavy (non-hydrogen) atoms. The van der Waals surface area contributed by atoms with Crippen molar-refractivity contribution in [2.75, 3.05) is 0 Å². The molecule has 1 aliphatic heterocycles. The van der Waals surface area contributed by atoms with Gasteiger partial charge in [-0.25, -0.2) is 4.79 Å². The number of amides is 4. The Hall–Kier alpha value is -1.65. The summed E-state index contributed by atoms with van der Waals surface area (Å²) in [6, 6.07) is -0.721. The first-order chi connectivity index (χ1) is 7.87. The topological polar surface area (TPSA) is 75.3 Å². The van der Waals surface area contributed by atoms with E-state index in [0.717, 1.165) is 5.57 Å². The molecule has 2 aliphatic rings. The second-order valence-electron chi connectivity index (χ2n) is 5.05. The van der Waals surface area contributed by atoms with Gasteiger partial charge in [0.1, 0.15) is 5.41 Å². The molecule has 0 aromatic carbocycles. The molecule has 1 saturated heterocycles. The number of hydrogen-bond donors (Lipinski definition) is 2. The van der Waals surface area contributed by atoms with Crippen LogP contribution in [0.5, 0.6) is 0 Å². The molecule has 2 rings (SSSR count). The molecule has 4 amide bonds. The number of carbonyl (C=O) groups excluding carboxylic acids is 3. The van der Waals surface area contributed by atoms with Crippen molar-refractivity contribution in [2.24, 2.45) is 11.3 Å². The van der Waals surface area contributed by atoms with E-state index in [1.165, 1.54) is 5.57 Å². The first-order valence-corrected chi connectivity index (χ1v) is 5.70. The van der Waals surface area contributed by atoms with Crippen LogP contribution in [0.3, 0.4) is 0 Å². The van der Waals surface area contributed by atoms with Gasteiger partial charge in [0.2, 0.25) is 11.8 Å². The molecular weight excluding hydrogens is 220 g/mol. The normalized spacial score (nSPS) is 28.2. The highest BCUT2D eigenvalue weighted by Crippen LogP contribution is 2.44. The predicted molar refractivity (Wildman–Crippen MR) is 60.9 cm³/mol. The van der Waals surface area contributed by atoms with Gasteiger partial charge in [0.15, 0.2) is 0 Å². The van der Waals surface area contributed by atoms with E-state index >= 15 is 0 Å². The molecule has 1 heterocycles. The summed E-state index contributed by atoms with van der Waals surface area (Å²) in [7, 11) is 0. The molecule has 1 spiro atoms. The Kier molecular flexibility index (Phi) is 2.56. The third-order valence-corrected chi connectivity index (χ3v) is 3.99. The van der Waals surface area contributed by atoms with Gasteiger partial charge in [0, 0.05) is 0 Å². The van der Waals surface area contributed by atoms with Gasteiger partial charge >= 0.3 is 6.03 Å². The van der Waals surface area contributed by atoms with Crippen LogP contribution in [-0.2, 0) is 9.59 Å². The van der Waals surface area contributed by atoms with Crippen molar-refractivity contribution in [2.45, 2.75) is 33.6 Å². The zero-order valence-electron chi connectivity index (χ0n) is 10.2. The van der Waals surface area contributed by atoms with E-state index in [4.69, 9.17) is 0 Å². The van der Waals surface area contributed by atoms with Crippen LogP contribution >= 0.6 is 0 Å². The lowest BCUT2D eigenvalue weighted by Crippen LogP contribution is -2.65. The monoisotopic (exact) mass is 236 g/mol. The van der Waals surface area contributed by atoms with Crippen molar-refractivity contribution in [1.82, 2.24) is 10.6 Å². The Morgan fingerprint density at radius 1 is 1.06 bits per heavy atom. The Labute approximate surface area is 99.6 Å². The van der Waals surface area contributed by atoms with E-state index in [9.17, 15) is 14.4 Å². The van der Waals surface area contributed by atoms with Gasteiger partial charge in [-0.3, -0.25) is 20.2 Å². The van der Waals surface area contributed by atoms with Crippen LogP contribution in [-0.4, -0.2) is 17.8 Å². The van der Waals surface area contributed by atoms with E-state index in [2.05, 4.69) is 10.6 Å². The lowest BCUT2D eigenvalue weighted by atomic mass is 9.63. The largest absolute Gasteiger partial charge is 0.328 e. The Morgan fingerprint density at radius 3 is 2.12 bits per heavy atom. The molecule has 0 unspecified atom stereocenters. The molecule has 92 valence electrons. The number of carbonyl (C=O) groups is 3. The van der Waals surface area contributed by atoms with Crippen LogP contribution in [0.25, 0.3) is 0 Å². The average Bonchev–Trinajstić information content (AvgIpc) is 2.21. The van der Waals surface area contributed by atoms with Crippen LogP contribution in [0.1, 0.15) is 33.6 Å². The maximum absolute atomic E-state index is 12.0. The summed E-state index contributed by atoms with van der Waals surface area (Å²) in [5.74, 6) is -1.03. The minimum atomic E-state index is -1.11. The van der Waals surface area contributed by atoms with Crippen LogP contribution in [0, 0.1) is 11.3 Å². The molecule has 0 saturated carbocycles. The van der Waals surface area contributed by atoms with Crippen molar-refractivity contribution >= 4 is 17.8 Å². The van der Waals surface area contributed by atoms with Gasteiger partial charge in [0.25, 0.3) is 0 Å². The quantitative estimate of drug-likeness (QED) is 0.488. The highest BCUT2D eigenvalue weighted by atomic mass is 16.2. The lowest BCUT2D eigenvalue weighted by Gasteiger charge is -2.42. The summed E-state index contributed by atoms with van der Waals surface area (Å²) in [4.78, 5) is 35.2. The minimum absolute atomic E-state index is 0.0979. The minimum Gasteiger partial charge on any atom is -0.277 e. The molecule has 1 fully saturated rings. The predicted octanol–water partition coefficient (Wildman–Crippen LogP) is 1.11. The van der Waals surface area contributed by atoms with Crippen LogP contribution in [0.4, 0.5) is 4.79 Å². The van der Waals surface area contributed by atoms with Crippen molar-refractivity contribution in [3.8, 4) is 0 Å². The summed E-state index contributed by atoms with van der Waals surface area (Å²) in [5.41, 5.74) is 1.17. The lowest BCUT2D eigenvalue weighted by molar-refractivity contribution is -0.148.